The number of fused-ring (bicyclic) bond motifs is 1. The van der Waals surface area contributed by atoms with Gasteiger partial charge in [0.2, 0.25) is 10.0 Å². The monoisotopic (exact) mass is 328 g/mol. The number of hydrogen-bond donors (Lipinski definition) is 1. The minimum Gasteiger partial charge on any atom is -0.385 e. The Kier molecular flexibility index (Phi) is 5.57. The number of nitrogens with zero attached hydrogens (tertiary/aromatic N) is 1. The lowest BCUT2D eigenvalue weighted by molar-refractivity contribution is 0.385. The van der Waals surface area contributed by atoms with Crippen molar-refractivity contribution >= 4 is 27.5 Å². The van der Waals surface area contributed by atoms with Crippen LogP contribution in [0.5, 0.6) is 0 Å². The third-order valence-corrected chi connectivity index (χ3v) is 6.66. The highest BCUT2D eigenvalue weighted by atomic mass is 32.2. The van der Waals surface area contributed by atoms with Crippen LogP contribution in [-0.4, -0.2) is 44.4 Å². The van der Waals surface area contributed by atoms with Crippen molar-refractivity contribution in [1.29, 1.82) is 0 Å². The van der Waals surface area contributed by atoms with Gasteiger partial charge < -0.3 is 5.32 Å². The maximum Gasteiger partial charge on any atom is 0.243 e. The van der Waals surface area contributed by atoms with Crippen molar-refractivity contribution in [3.05, 3.63) is 23.8 Å². The van der Waals surface area contributed by atoms with E-state index in [1.807, 2.05) is 25.3 Å². The maximum absolute atomic E-state index is 12.8. The Morgan fingerprint density at radius 3 is 2.86 bits per heavy atom. The number of aryl methyl sites for hydroxylation is 1. The summed E-state index contributed by atoms with van der Waals surface area (Å²) in [7, 11) is -1.72. The summed E-state index contributed by atoms with van der Waals surface area (Å²) in [6.07, 6.45) is 4.82. The first-order valence-corrected chi connectivity index (χ1v) is 10.2. The normalized spacial score (nSPS) is 16.4. The van der Waals surface area contributed by atoms with Crippen LogP contribution in [0.3, 0.4) is 0 Å². The van der Waals surface area contributed by atoms with E-state index in [1.165, 1.54) is 4.31 Å². The molecule has 4 nitrogen and oxygen atoms in total. The van der Waals surface area contributed by atoms with Gasteiger partial charge >= 0.3 is 0 Å². The van der Waals surface area contributed by atoms with E-state index in [4.69, 9.17) is 0 Å². The molecular weight excluding hydrogens is 304 g/mol. The fourth-order valence-corrected chi connectivity index (χ4v) is 5.06. The SMILES string of the molecule is CCC(CSC)N(C)S(=O)(=O)c1ccc2c(c1)CCCN2. The molecule has 0 aliphatic carbocycles. The van der Waals surface area contributed by atoms with Gasteiger partial charge in [-0.25, -0.2) is 8.42 Å². The molecule has 0 aromatic heterocycles. The molecule has 1 aromatic carbocycles. The predicted molar refractivity (Wildman–Crippen MR) is 90.7 cm³/mol. The zero-order valence-corrected chi connectivity index (χ0v) is 14.6. The summed E-state index contributed by atoms with van der Waals surface area (Å²) in [5.41, 5.74) is 2.17. The first-order valence-electron chi connectivity index (χ1n) is 7.34. The summed E-state index contributed by atoms with van der Waals surface area (Å²) in [6.45, 7) is 2.99. The number of benzene rings is 1. The molecule has 0 bridgehead atoms. The average molecular weight is 329 g/mol. The van der Waals surface area contributed by atoms with Crippen molar-refractivity contribution < 1.29 is 8.42 Å². The van der Waals surface area contributed by atoms with Crippen molar-refractivity contribution in [3.8, 4) is 0 Å². The molecule has 1 heterocycles. The molecule has 1 aromatic rings. The number of anilines is 1. The molecule has 1 aliphatic rings. The summed E-state index contributed by atoms with van der Waals surface area (Å²) in [6, 6.07) is 5.48. The van der Waals surface area contributed by atoms with Gasteiger partial charge in [-0.3, -0.25) is 0 Å². The number of sulfonamides is 1. The highest BCUT2D eigenvalue weighted by Crippen LogP contribution is 2.27. The number of thioether (sulfide) groups is 1. The molecule has 0 spiro atoms. The molecule has 0 saturated heterocycles. The molecule has 6 heteroatoms. The first kappa shape index (κ1) is 16.6. The Hall–Kier alpha value is -0.720. The molecule has 118 valence electrons. The van der Waals surface area contributed by atoms with Crippen molar-refractivity contribution in [1.82, 2.24) is 4.31 Å². The number of rotatable bonds is 6. The van der Waals surface area contributed by atoms with E-state index in [1.54, 1.807) is 24.9 Å². The Morgan fingerprint density at radius 2 is 2.19 bits per heavy atom. The molecule has 0 saturated carbocycles. The summed E-state index contributed by atoms with van der Waals surface area (Å²) < 4.78 is 27.1. The van der Waals surface area contributed by atoms with E-state index < -0.39 is 10.0 Å². The van der Waals surface area contributed by atoms with Gasteiger partial charge in [0, 0.05) is 31.1 Å². The molecule has 1 atom stereocenters. The van der Waals surface area contributed by atoms with Gasteiger partial charge in [0.15, 0.2) is 0 Å². The highest BCUT2D eigenvalue weighted by molar-refractivity contribution is 7.98. The lowest BCUT2D eigenvalue weighted by atomic mass is 10.0. The van der Waals surface area contributed by atoms with E-state index >= 15 is 0 Å². The second kappa shape index (κ2) is 7.03. The Morgan fingerprint density at radius 1 is 1.43 bits per heavy atom. The van der Waals surface area contributed by atoms with Crippen LogP contribution in [0.1, 0.15) is 25.3 Å². The van der Waals surface area contributed by atoms with Crippen LogP contribution in [0.2, 0.25) is 0 Å². The van der Waals surface area contributed by atoms with Crippen molar-refractivity contribution in [2.45, 2.75) is 37.1 Å². The van der Waals surface area contributed by atoms with Crippen LogP contribution in [0.25, 0.3) is 0 Å². The zero-order chi connectivity index (χ0) is 15.5. The van der Waals surface area contributed by atoms with E-state index in [0.29, 0.717) is 4.90 Å². The standard InChI is InChI=1S/C15H24N2O2S2/c1-4-13(11-20-3)17(2)21(18,19)14-7-8-15-12(10-14)6-5-9-16-15/h7-8,10,13,16H,4-6,9,11H2,1-3H3. The maximum atomic E-state index is 12.8. The fraction of sp³-hybridized carbons (Fsp3) is 0.600. The lowest BCUT2D eigenvalue weighted by Crippen LogP contribution is -2.38. The third kappa shape index (κ3) is 3.55. The smallest absolute Gasteiger partial charge is 0.243 e. The third-order valence-electron chi connectivity index (χ3n) is 4.04. The molecule has 2 rings (SSSR count). The second-order valence-corrected chi connectivity index (χ2v) is 8.30. The van der Waals surface area contributed by atoms with Gasteiger partial charge in [-0.2, -0.15) is 16.1 Å². The van der Waals surface area contributed by atoms with Crippen LogP contribution < -0.4 is 5.32 Å². The summed E-state index contributed by atoms with van der Waals surface area (Å²) in [5, 5.41) is 3.31. The van der Waals surface area contributed by atoms with Gasteiger partial charge in [-0.15, -0.1) is 0 Å². The second-order valence-electron chi connectivity index (χ2n) is 5.39. The lowest BCUT2D eigenvalue weighted by Gasteiger charge is -2.27. The van der Waals surface area contributed by atoms with Gasteiger partial charge in [0.05, 0.1) is 4.90 Å². The van der Waals surface area contributed by atoms with Crippen molar-refractivity contribution in [2.24, 2.45) is 0 Å². The van der Waals surface area contributed by atoms with E-state index in [0.717, 1.165) is 42.8 Å². The summed E-state index contributed by atoms with van der Waals surface area (Å²) >= 11 is 1.68. The van der Waals surface area contributed by atoms with Gasteiger partial charge in [-0.05, 0) is 49.3 Å². The Bertz CT molecular complexity index is 587. The van der Waals surface area contributed by atoms with Crippen LogP contribution in [0.15, 0.2) is 23.1 Å². The topological polar surface area (TPSA) is 49.4 Å². The highest BCUT2D eigenvalue weighted by Gasteiger charge is 2.27. The first-order chi connectivity index (χ1) is 10.0. The molecule has 21 heavy (non-hydrogen) atoms. The number of nitrogens with one attached hydrogen (secondary N) is 1. The van der Waals surface area contributed by atoms with Crippen molar-refractivity contribution in [2.75, 3.05) is 30.9 Å². The Balaban J connectivity index is 2.30. The van der Waals surface area contributed by atoms with Gasteiger partial charge in [-0.1, -0.05) is 6.92 Å². The largest absolute Gasteiger partial charge is 0.385 e. The van der Waals surface area contributed by atoms with Gasteiger partial charge in [0.1, 0.15) is 0 Å². The van der Waals surface area contributed by atoms with E-state index in [9.17, 15) is 8.42 Å². The predicted octanol–water partition coefficient (Wildman–Crippen LogP) is 2.81. The fourth-order valence-electron chi connectivity index (χ4n) is 2.65. The van der Waals surface area contributed by atoms with Crippen molar-refractivity contribution in [3.63, 3.8) is 0 Å². The van der Waals surface area contributed by atoms with Crippen LogP contribution in [0.4, 0.5) is 5.69 Å². The molecule has 0 radical (unpaired) electrons. The van der Waals surface area contributed by atoms with Gasteiger partial charge in [0.25, 0.3) is 0 Å². The average Bonchev–Trinajstić information content (AvgIpc) is 2.51. The molecule has 1 unspecified atom stereocenters. The molecular formula is C15H24N2O2S2. The quantitative estimate of drug-likeness (QED) is 0.872. The molecule has 0 amide bonds. The van der Waals surface area contributed by atoms with E-state index in [2.05, 4.69) is 5.32 Å². The summed E-state index contributed by atoms with van der Waals surface area (Å²) in [4.78, 5) is 0.409. The molecule has 0 fully saturated rings. The minimum absolute atomic E-state index is 0.0409. The van der Waals surface area contributed by atoms with Crippen LogP contribution in [-0.2, 0) is 16.4 Å². The Labute approximate surface area is 132 Å². The van der Waals surface area contributed by atoms with E-state index in [-0.39, 0.29) is 6.04 Å². The van der Waals surface area contributed by atoms with Crippen LogP contribution >= 0.6 is 11.8 Å². The minimum atomic E-state index is -3.41. The molecule has 1 N–H and O–H groups in total. The number of hydrogen-bond acceptors (Lipinski definition) is 4. The zero-order valence-electron chi connectivity index (χ0n) is 12.9. The molecule has 1 aliphatic heterocycles. The van der Waals surface area contributed by atoms with Crippen LogP contribution in [0, 0.1) is 0 Å². The summed E-state index contributed by atoms with van der Waals surface area (Å²) in [5.74, 6) is 0.818.